The van der Waals surface area contributed by atoms with Gasteiger partial charge in [0.05, 0.1) is 5.52 Å². The van der Waals surface area contributed by atoms with E-state index in [-0.39, 0.29) is 24.2 Å². The minimum atomic E-state index is -0.208. The Balaban J connectivity index is 1.85. The normalized spacial score (nSPS) is 15.8. The molecule has 1 aliphatic rings. The number of imidazole rings is 1. The molecule has 106 valence electrons. The van der Waals surface area contributed by atoms with Gasteiger partial charge in [0.1, 0.15) is 6.54 Å². The second-order valence-electron chi connectivity index (χ2n) is 5.32. The molecule has 1 fully saturated rings. The molecule has 1 saturated carbocycles. The van der Waals surface area contributed by atoms with Crippen molar-refractivity contribution in [2.45, 2.75) is 38.3 Å². The van der Waals surface area contributed by atoms with Crippen molar-refractivity contribution in [2.24, 2.45) is 7.05 Å². The lowest BCUT2D eigenvalue weighted by Crippen LogP contribution is -2.37. The van der Waals surface area contributed by atoms with Gasteiger partial charge in [0, 0.05) is 19.3 Å². The largest absolute Gasteiger partial charge is 0.352 e. The molecular weight excluding hydrogens is 256 g/mol. The van der Waals surface area contributed by atoms with Crippen LogP contribution in [0.5, 0.6) is 0 Å². The molecule has 0 aliphatic heterocycles. The Bertz CT molecular complexity index is 695. The van der Waals surface area contributed by atoms with Crippen LogP contribution < -0.4 is 11.0 Å². The number of pyridine rings is 1. The standard InChI is InChI=1S/C14H18N4O2/c1-17-13-11(7-4-8-15-13)18(14(17)20)9-12(19)16-10-5-2-3-6-10/h4,7-8,10H,2-3,5-6,9H2,1H3,(H,16,19). The molecule has 2 aromatic heterocycles. The van der Waals surface area contributed by atoms with Crippen LogP contribution in [-0.4, -0.2) is 26.1 Å². The maximum absolute atomic E-state index is 12.2. The van der Waals surface area contributed by atoms with E-state index in [0.717, 1.165) is 12.8 Å². The van der Waals surface area contributed by atoms with Gasteiger partial charge in [0.2, 0.25) is 5.91 Å². The lowest BCUT2D eigenvalue weighted by molar-refractivity contribution is -0.122. The number of aromatic nitrogens is 3. The lowest BCUT2D eigenvalue weighted by atomic mass is 10.2. The Morgan fingerprint density at radius 1 is 1.45 bits per heavy atom. The molecule has 0 spiro atoms. The predicted molar refractivity (Wildman–Crippen MR) is 75.4 cm³/mol. The monoisotopic (exact) mass is 274 g/mol. The maximum atomic E-state index is 12.2. The zero-order valence-electron chi connectivity index (χ0n) is 11.5. The second kappa shape index (κ2) is 5.11. The van der Waals surface area contributed by atoms with Crippen molar-refractivity contribution in [2.75, 3.05) is 0 Å². The molecule has 20 heavy (non-hydrogen) atoms. The topological polar surface area (TPSA) is 68.9 Å². The van der Waals surface area contributed by atoms with Gasteiger partial charge in [0.25, 0.3) is 0 Å². The molecular formula is C14H18N4O2. The number of hydrogen-bond acceptors (Lipinski definition) is 3. The molecule has 0 unspecified atom stereocenters. The molecule has 6 heteroatoms. The van der Waals surface area contributed by atoms with Crippen LogP contribution in [0.2, 0.25) is 0 Å². The van der Waals surface area contributed by atoms with Gasteiger partial charge < -0.3 is 5.32 Å². The summed E-state index contributed by atoms with van der Waals surface area (Å²) in [5.74, 6) is -0.102. The van der Waals surface area contributed by atoms with Crippen molar-refractivity contribution in [3.8, 4) is 0 Å². The van der Waals surface area contributed by atoms with Crippen LogP contribution >= 0.6 is 0 Å². The molecule has 0 saturated heterocycles. The minimum absolute atomic E-state index is 0.0539. The van der Waals surface area contributed by atoms with Crippen LogP contribution in [0.1, 0.15) is 25.7 Å². The molecule has 0 radical (unpaired) electrons. The van der Waals surface area contributed by atoms with Gasteiger partial charge in [-0.1, -0.05) is 12.8 Å². The van der Waals surface area contributed by atoms with Gasteiger partial charge in [-0.2, -0.15) is 0 Å². The van der Waals surface area contributed by atoms with E-state index < -0.39 is 0 Å². The Morgan fingerprint density at radius 3 is 2.95 bits per heavy atom. The third kappa shape index (κ3) is 2.21. The number of hydrogen-bond donors (Lipinski definition) is 1. The van der Waals surface area contributed by atoms with Crippen LogP contribution in [0.4, 0.5) is 0 Å². The highest BCUT2D eigenvalue weighted by Gasteiger charge is 2.19. The molecule has 1 amide bonds. The third-order valence-corrected chi connectivity index (χ3v) is 3.91. The summed E-state index contributed by atoms with van der Waals surface area (Å²) in [6, 6.07) is 3.85. The smallest absolute Gasteiger partial charge is 0.330 e. The summed E-state index contributed by atoms with van der Waals surface area (Å²) >= 11 is 0. The van der Waals surface area contributed by atoms with E-state index in [4.69, 9.17) is 0 Å². The number of nitrogens with zero attached hydrogens (tertiary/aromatic N) is 3. The lowest BCUT2D eigenvalue weighted by Gasteiger charge is -2.12. The summed E-state index contributed by atoms with van der Waals surface area (Å²) < 4.78 is 2.95. The zero-order chi connectivity index (χ0) is 14.1. The van der Waals surface area contributed by atoms with Gasteiger partial charge >= 0.3 is 5.69 Å². The van der Waals surface area contributed by atoms with Crippen molar-refractivity contribution in [1.29, 1.82) is 0 Å². The van der Waals surface area contributed by atoms with E-state index in [1.165, 1.54) is 22.0 Å². The van der Waals surface area contributed by atoms with Crippen LogP contribution in [-0.2, 0) is 18.4 Å². The first-order valence-electron chi connectivity index (χ1n) is 6.96. The predicted octanol–water partition coefficient (Wildman–Crippen LogP) is 0.794. The number of carbonyl (C=O) groups is 1. The summed E-state index contributed by atoms with van der Waals surface area (Å²) in [4.78, 5) is 28.4. The van der Waals surface area contributed by atoms with Gasteiger partial charge in [-0.05, 0) is 25.0 Å². The van der Waals surface area contributed by atoms with Gasteiger partial charge in [-0.3, -0.25) is 13.9 Å². The van der Waals surface area contributed by atoms with Gasteiger partial charge in [0.15, 0.2) is 5.65 Å². The SMILES string of the molecule is Cn1c(=O)n(CC(=O)NC2CCCC2)c2cccnc21. The van der Waals surface area contributed by atoms with Crippen LogP contribution in [0.3, 0.4) is 0 Å². The fourth-order valence-electron chi connectivity index (χ4n) is 2.87. The van der Waals surface area contributed by atoms with E-state index in [1.807, 2.05) is 6.07 Å². The summed E-state index contributed by atoms with van der Waals surface area (Å²) in [6.07, 6.45) is 6.06. The molecule has 6 nitrogen and oxygen atoms in total. The Morgan fingerprint density at radius 2 is 2.20 bits per heavy atom. The van der Waals surface area contributed by atoms with Crippen molar-refractivity contribution in [3.05, 3.63) is 28.8 Å². The Labute approximate surface area is 116 Å². The van der Waals surface area contributed by atoms with Crippen LogP contribution in [0, 0.1) is 0 Å². The Kier molecular flexibility index (Phi) is 3.30. The molecule has 2 aromatic rings. The van der Waals surface area contributed by atoms with E-state index >= 15 is 0 Å². The molecule has 2 heterocycles. The summed E-state index contributed by atoms with van der Waals surface area (Å²) in [7, 11) is 1.67. The van der Waals surface area contributed by atoms with Gasteiger partial charge in [-0.25, -0.2) is 9.78 Å². The van der Waals surface area contributed by atoms with Gasteiger partial charge in [-0.15, -0.1) is 0 Å². The van der Waals surface area contributed by atoms with E-state index in [0.29, 0.717) is 11.2 Å². The summed E-state index contributed by atoms with van der Waals surface area (Å²) in [6.45, 7) is 0.0539. The van der Waals surface area contributed by atoms with Crippen molar-refractivity contribution >= 4 is 17.1 Å². The molecule has 3 rings (SSSR count). The molecule has 1 N–H and O–H groups in total. The number of amides is 1. The number of aryl methyl sites for hydroxylation is 1. The highest BCUT2D eigenvalue weighted by Crippen LogP contribution is 2.17. The molecule has 0 atom stereocenters. The van der Waals surface area contributed by atoms with Crippen molar-refractivity contribution in [1.82, 2.24) is 19.4 Å². The molecule has 1 aliphatic carbocycles. The van der Waals surface area contributed by atoms with E-state index in [2.05, 4.69) is 10.3 Å². The number of nitrogens with one attached hydrogen (secondary N) is 1. The fraction of sp³-hybridized carbons (Fsp3) is 0.500. The summed E-state index contributed by atoms with van der Waals surface area (Å²) in [5, 5.41) is 3.00. The van der Waals surface area contributed by atoms with Crippen molar-refractivity contribution < 1.29 is 4.79 Å². The van der Waals surface area contributed by atoms with Crippen LogP contribution in [0.15, 0.2) is 23.1 Å². The first kappa shape index (κ1) is 12.9. The zero-order valence-corrected chi connectivity index (χ0v) is 11.5. The first-order chi connectivity index (χ1) is 9.66. The highest BCUT2D eigenvalue weighted by molar-refractivity contribution is 5.79. The van der Waals surface area contributed by atoms with Crippen molar-refractivity contribution in [3.63, 3.8) is 0 Å². The quantitative estimate of drug-likeness (QED) is 0.900. The first-order valence-corrected chi connectivity index (χ1v) is 6.96. The highest BCUT2D eigenvalue weighted by atomic mass is 16.2. The average molecular weight is 274 g/mol. The summed E-state index contributed by atoms with van der Waals surface area (Å²) in [5.41, 5.74) is 1.09. The fourth-order valence-corrected chi connectivity index (χ4v) is 2.87. The second-order valence-corrected chi connectivity index (χ2v) is 5.32. The molecule has 0 bridgehead atoms. The number of rotatable bonds is 3. The van der Waals surface area contributed by atoms with E-state index in [9.17, 15) is 9.59 Å². The van der Waals surface area contributed by atoms with E-state index in [1.54, 1.807) is 19.3 Å². The number of fused-ring (bicyclic) bond motifs is 1. The average Bonchev–Trinajstić information content (AvgIpc) is 3.03. The minimum Gasteiger partial charge on any atom is -0.352 e. The number of carbonyl (C=O) groups excluding carboxylic acids is 1. The molecule has 0 aromatic carbocycles. The Hall–Kier alpha value is -2.11. The maximum Gasteiger partial charge on any atom is 0.330 e. The third-order valence-electron chi connectivity index (χ3n) is 3.91. The van der Waals surface area contributed by atoms with Crippen LogP contribution in [0.25, 0.3) is 11.2 Å².